The highest BCUT2D eigenvalue weighted by molar-refractivity contribution is 7.15. The van der Waals surface area contributed by atoms with Gasteiger partial charge in [-0.1, -0.05) is 17.4 Å². The first-order valence-electron chi connectivity index (χ1n) is 6.95. The second-order valence-electron chi connectivity index (χ2n) is 5.05. The number of hydrogen-bond donors (Lipinski definition) is 1. The lowest BCUT2D eigenvalue weighted by atomic mass is 10.3. The van der Waals surface area contributed by atoms with Gasteiger partial charge in [0.15, 0.2) is 5.69 Å². The van der Waals surface area contributed by atoms with E-state index in [4.69, 9.17) is 5.11 Å². The molecule has 0 aliphatic carbocycles. The summed E-state index contributed by atoms with van der Waals surface area (Å²) in [6, 6.07) is 4.72. The van der Waals surface area contributed by atoms with Crippen LogP contribution in [-0.4, -0.2) is 52.4 Å². The number of halogens is 3. The SMILES string of the molecule is O=C(O)c1cccc(N2CCN(c3nnc(C(F)(F)F)s3)CC2)n1. The van der Waals surface area contributed by atoms with Crippen molar-refractivity contribution in [1.82, 2.24) is 15.2 Å². The Labute approximate surface area is 138 Å². The van der Waals surface area contributed by atoms with Crippen molar-refractivity contribution in [2.75, 3.05) is 36.0 Å². The van der Waals surface area contributed by atoms with Gasteiger partial charge < -0.3 is 14.9 Å². The van der Waals surface area contributed by atoms with Gasteiger partial charge in [0.1, 0.15) is 5.82 Å². The lowest BCUT2D eigenvalue weighted by Gasteiger charge is -2.35. The number of anilines is 2. The molecule has 3 heterocycles. The van der Waals surface area contributed by atoms with E-state index in [2.05, 4.69) is 15.2 Å². The van der Waals surface area contributed by atoms with Gasteiger partial charge in [-0.05, 0) is 12.1 Å². The van der Waals surface area contributed by atoms with Crippen LogP contribution in [0.5, 0.6) is 0 Å². The van der Waals surface area contributed by atoms with E-state index in [1.54, 1.807) is 17.0 Å². The fraction of sp³-hybridized carbons (Fsp3) is 0.385. The molecule has 11 heteroatoms. The molecule has 24 heavy (non-hydrogen) atoms. The zero-order valence-electron chi connectivity index (χ0n) is 12.2. The van der Waals surface area contributed by atoms with Gasteiger partial charge in [0.05, 0.1) is 0 Å². The lowest BCUT2D eigenvalue weighted by molar-refractivity contribution is -0.138. The van der Waals surface area contributed by atoms with Crippen LogP contribution < -0.4 is 9.80 Å². The average Bonchev–Trinajstić information content (AvgIpc) is 3.05. The number of nitrogens with zero attached hydrogens (tertiary/aromatic N) is 5. The first kappa shape index (κ1) is 16.4. The fourth-order valence-corrected chi connectivity index (χ4v) is 3.07. The van der Waals surface area contributed by atoms with Crippen molar-refractivity contribution in [2.24, 2.45) is 0 Å². The molecular formula is C13H12F3N5O2S. The highest BCUT2D eigenvalue weighted by Crippen LogP contribution is 2.34. The van der Waals surface area contributed by atoms with Gasteiger partial charge in [-0.15, -0.1) is 10.2 Å². The molecule has 7 nitrogen and oxygen atoms in total. The molecule has 0 unspecified atom stereocenters. The minimum atomic E-state index is -4.49. The van der Waals surface area contributed by atoms with E-state index >= 15 is 0 Å². The summed E-state index contributed by atoms with van der Waals surface area (Å²) in [7, 11) is 0. The number of pyridine rings is 1. The van der Waals surface area contributed by atoms with Crippen molar-refractivity contribution in [1.29, 1.82) is 0 Å². The number of carboxylic acids is 1. The minimum Gasteiger partial charge on any atom is -0.477 e. The van der Waals surface area contributed by atoms with Crippen LogP contribution in [0.3, 0.4) is 0 Å². The molecule has 2 aromatic rings. The molecule has 1 fully saturated rings. The van der Waals surface area contributed by atoms with Crippen molar-refractivity contribution < 1.29 is 23.1 Å². The average molecular weight is 359 g/mol. The Bertz CT molecular complexity index is 743. The van der Waals surface area contributed by atoms with Gasteiger partial charge >= 0.3 is 12.1 Å². The predicted molar refractivity (Wildman–Crippen MR) is 80.5 cm³/mol. The van der Waals surface area contributed by atoms with Crippen LogP contribution in [0, 0.1) is 0 Å². The maximum absolute atomic E-state index is 12.6. The first-order chi connectivity index (χ1) is 11.3. The topological polar surface area (TPSA) is 82.5 Å². The molecule has 1 aliphatic rings. The zero-order chi connectivity index (χ0) is 17.3. The maximum atomic E-state index is 12.6. The molecular weight excluding hydrogens is 347 g/mol. The van der Waals surface area contributed by atoms with Crippen molar-refractivity contribution in [2.45, 2.75) is 6.18 Å². The molecule has 0 saturated carbocycles. The normalized spacial score (nSPS) is 15.6. The molecule has 0 aromatic carbocycles. The third kappa shape index (κ3) is 3.40. The number of piperazine rings is 1. The largest absolute Gasteiger partial charge is 0.477 e. The predicted octanol–water partition coefficient (Wildman–Crippen LogP) is 1.98. The second kappa shape index (κ2) is 6.23. The molecule has 0 amide bonds. The molecule has 3 rings (SSSR count). The second-order valence-corrected chi connectivity index (χ2v) is 6.00. The summed E-state index contributed by atoms with van der Waals surface area (Å²) >= 11 is 0.517. The molecule has 0 spiro atoms. The lowest BCUT2D eigenvalue weighted by Crippen LogP contribution is -2.46. The molecule has 0 atom stereocenters. The number of aromatic nitrogens is 3. The molecule has 1 N–H and O–H groups in total. The number of carbonyl (C=O) groups is 1. The Kier molecular flexibility index (Phi) is 4.26. The summed E-state index contributed by atoms with van der Waals surface area (Å²) in [4.78, 5) is 18.6. The van der Waals surface area contributed by atoms with E-state index in [1.807, 2.05) is 4.90 Å². The van der Waals surface area contributed by atoms with Gasteiger partial charge in [0, 0.05) is 26.2 Å². The van der Waals surface area contributed by atoms with Crippen LogP contribution >= 0.6 is 11.3 Å². The van der Waals surface area contributed by atoms with E-state index in [-0.39, 0.29) is 10.8 Å². The van der Waals surface area contributed by atoms with Crippen LogP contribution in [-0.2, 0) is 6.18 Å². The standard InChI is InChI=1S/C13H12F3N5O2S/c14-13(15,16)11-18-19-12(24-11)21-6-4-20(5-7-21)9-3-1-2-8(17-9)10(22)23/h1-3H,4-7H2,(H,22,23). The maximum Gasteiger partial charge on any atom is 0.445 e. The summed E-state index contributed by atoms with van der Waals surface area (Å²) in [6.07, 6.45) is -4.49. The summed E-state index contributed by atoms with van der Waals surface area (Å²) in [5.74, 6) is -0.577. The van der Waals surface area contributed by atoms with Gasteiger partial charge in [-0.25, -0.2) is 9.78 Å². The summed E-state index contributed by atoms with van der Waals surface area (Å²) in [6.45, 7) is 1.89. The minimum absolute atomic E-state index is 0.0473. The van der Waals surface area contributed by atoms with E-state index in [9.17, 15) is 18.0 Å². The van der Waals surface area contributed by atoms with E-state index in [0.29, 0.717) is 43.3 Å². The molecule has 1 saturated heterocycles. The van der Waals surface area contributed by atoms with Crippen molar-refractivity contribution in [3.05, 3.63) is 28.9 Å². The van der Waals surface area contributed by atoms with Crippen LogP contribution in [0.1, 0.15) is 15.5 Å². The zero-order valence-corrected chi connectivity index (χ0v) is 13.0. The number of hydrogen-bond acceptors (Lipinski definition) is 7. The number of carboxylic acid groups (broad SMARTS) is 1. The van der Waals surface area contributed by atoms with Gasteiger partial charge in [-0.3, -0.25) is 0 Å². The van der Waals surface area contributed by atoms with E-state index in [1.165, 1.54) is 6.07 Å². The Balaban J connectivity index is 1.67. The quantitative estimate of drug-likeness (QED) is 0.897. The first-order valence-corrected chi connectivity index (χ1v) is 7.77. The Morgan fingerprint density at radius 1 is 1.12 bits per heavy atom. The van der Waals surface area contributed by atoms with Crippen molar-refractivity contribution in [3.63, 3.8) is 0 Å². The molecule has 0 radical (unpaired) electrons. The summed E-state index contributed by atoms with van der Waals surface area (Å²) in [5, 5.41) is 15.0. The van der Waals surface area contributed by atoms with E-state index < -0.39 is 17.2 Å². The monoisotopic (exact) mass is 359 g/mol. The third-order valence-electron chi connectivity index (χ3n) is 3.48. The van der Waals surface area contributed by atoms with Gasteiger partial charge in [-0.2, -0.15) is 13.2 Å². The molecule has 2 aromatic heterocycles. The Morgan fingerprint density at radius 2 is 1.79 bits per heavy atom. The number of aromatic carboxylic acids is 1. The van der Waals surface area contributed by atoms with Gasteiger partial charge in [0.2, 0.25) is 10.1 Å². The Hall–Kier alpha value is -2.43. The van der Waals surface area contributed by atoms with Crippen molar-refractivity contribution in [3.8, 4) is 0 Å². The highest BCUT2D eigenvalue weighted by atomic mass is 32.1. The number of alkyl halides is 3. The fourth-order valence-electron chi connectivity index (χ4n) is 2.30. The molecule has 128 valence electrons. The summed E-state index contributed by atoms with van der Waals surface area (Å²) < 4.78 is 37.7. The van der Waals surface area contributed by atoms with Crippen molar-refractivity contribution >= 4 is 28.3 Å². The van der Waals surface area contributed by atoms with E-state index in [0.717, 1.165) is 0 Å². The van der Waals surface area contributed by atoms with Crippen LogP contribution in [0.4, 0.5) is 24.1 Å². The summed E-state index contributed by atoms with van der Waals surface area (Å²) in [5.41, 5.74) is -0.0473. The van der Waals surface area contributed by atoms with Gasteiger partial charge in [0.25, 0.3) is 0 Å². The third-order valence-corrected chi connectivity index (χ3v) is 4.51. The van der Waals surface area contributed by atoms with Crippen LogP contribution in [0.15, 0.2) is 18.2 Å². The van der Waals surface area contributed by atoms with Crippen LogP contribution in [0.25, 0.3) is 0 Å². The highest BCUT2D eigenvalue weighted by Gasteiger charge is 2.36. The number of rotatable bonds is 3. The van der Waals surface area contributed by atoms with Crippen LogP contribution in [0.2, 0.25) is 0 Å². The smallest absolute Gasteiger partial charge is 0.445 e. The Morgan fingerprint density at radius 3 is 2.38 bits per heavy atom. The molecule has 1 aliphatic heterocycles. The molecule has 0 bridgehead atoms.